The maximum atomic E-state index is 6.09. The van der Waals surface area contributed by atoms with Gasteiger partial charge in [-0.1, -0.05) is 29.8 Å². The normalized spacial score (nSPS) is 19.0. The van der Waals surface area contributed by atoms with E-state index in [-0.39, 0.29) is 0 Å². The van der Waals surface area contributed by atoms with Crippen LogP contribution in [0.15, 0.2) is 42.5 Å². The lowest BCUT2D eigenvalue weighted by atomic mass is 9.99. The Balaban J connectivity index is 1.55. The van der Waals surface area contributed by atoms with Crippen LogP contribution in [0.5, 0.6) is 0 Å². The van der Waals surface area contributed by atoms with Crippen LogP contribution < -0.4 is 0 Å². The molecule has 1 aromatic carbocycles. The van der Waals surface area contributed by atoms with Crippen molar-refractivity contribution in [3.8, 4) is 0 Å². The molecule has 0 unspecified atom stereocenters. The third-order valence-corrected chi connectivity index (χ3v) is 4.46. The molecule has 0 saturated carbocycles. The van der Waals surface area contributed by atoms with Crippen LogP contribution >= 0.6 is 11.6 Å². The van der Waals surface area contributed by atoms with Crippen molar-refractivity contribution in [3.63, 3.8) is 0 Å². The lowest BCUT2D eigenvalue weighted by molar-refractivity contribution is 0.337. The van der Waals surface area contributed by atoms with Crippen molar-refractivity contribution in [3.05, 3.63) is 64.4 Å². The van der Waals surface area contributed by atoms with Crippen LogP contribution in [0.1, 0.15) is 29.3 Å². The average Bonchev–Trinajstić information content (AvgIpc) is 2.94. The summed E-state index contributed by atoms with van der Waals surface area (Å²) in [5.74, 6) is 0.620. The fraction of sp³-hybridized carbons (Fsp3) is 0.389. The number of benzene rings is 1. The third-order valence-electron chi connectivity index (χ3n) is 4.22. The van der Waals surface area contributed by atoms with Gasteiger partial charge in [0.05, 0.1) is 0 Å². The first-order valence-electron chi connectivity index (χ1n) is 7.61. The van der Waals surface area contributed by atoms with Gasteiger partial charge in [0.2, 0.25) is 0 Å². The second kappa shape index (κ2) is 6.59. The Morgan fingerprint density at radius 2 is 2.10 bits per heavy atom. The van der Waals surface area contributed by atoms with E-state index in [1.807, 2.05) is 6.07 Å². The quantitative estimate of drug-likeness (QED) is 0.846. The smallest absolute Gasteiger partial charge is 0.0419 e. The standard InChI is InChI=1S/C18H21ClN2/c1-14-4-2-7-18(20-14)9-11-21-10-8-16(13-21)15-5-3-6-17(19)12-15/h2-7,12,16H,8-11,13H2,1H3/t16-/m0/s1. The van der Waals surface area contributed by atoms with Gasteiger partial charge in [-0.05, 0) is 55.6 Å². The van der Waals surface area contributed by atoms with Crippen molar-refractivity contribution < 1.29 is 0 Å². The molecule has 0 bridgehead atoms. The largest absolute Gasteiger partial charge is 0.302 e. The summed E-state index contributed by atoms with van der Waals surface area (Å²) in [5, 5.41) is 0.843. The van der Waals surface area contributed by atoms with E-state index >= 15 is 0 Å². The predicted molar refractivity (Wildman–Crippen MR) is 87.9 cm³/mol. The van der Waals surface area contributed by atoms with Crippen molar-refractivity contribution in [1.29, 1.82) is 0 Å². The molecule has 0 radical (unpaired) electrons. The van der Waals surface area contributed by atoms with E-state index < -0.39 is 0 Å². The second-order valence-corrected chi connectivity index (χ2v) is 6.30. The van der Waals surface area contributed by atoms with Crippen molar-refractivity contribution in [2.75, 3.05) is 19.6 Å². The number of nitrogens with zero attached hydrogens (tertiary/aromatic N) is 2. The molecule has 3 heteroatoms. The Bertz CT molecular complexity index is 612. The molecule has 110 valence electrons. The van der Waals surface area contributed by atoms with Crippen molar-refractivity contribution in [1.82, 2.24) is 9.88 Å². The molecule has 1 aromatic heterocycles. The van der Waals surface area contributed by atoms with Crippen molar-refractivity contribution >= 4 is 11.6 Å². The minimum absolute atomic E-state index is 0.620. The summed E-state index contributed by atoms with van der Waals surface area (Å²) < 4.78 is 0. The Hall–Kier alpha value is -1.38. The fourth-order valence-corrected chi connectivity index (χ4v) is 3.28. The zero-order chi connectivity index (χ0) is 14.7. The molecular formula is C18H21ClN2. The van der Waals surface area contributed by atoms with E-state index in [4.69, 9.17) is 11.6 Å². The van der Waals surface area contributed by atoms with Gasteiger partial charge in [-0.3, -0.25) is 4.98 Å². The molecule has 2 nitrogen and oxygen atoms in total. The van der Waals surface area contributed by atoms with Gasteiger partial charge in [-0.15, -0.1) is 0 Å². The van der Waals surface area contributed by atoms with Gasteiger partial charge in [0.25, 0.3) is 0 Å². The molecule has 3 rings (SSSR count). The summed E-state index contributed by atoms with van der Waals surface area (Å²) >= 11 is 6.09. The Morgan fingerprint density at radius 1 is 1.24 bits per heavy atom. The van der Waals surface area contributed by atoms with Crippen LogP contribution in [-0.4, -0.2) is 29.5 Å². The molecule has 0 amide bonds. The van der Waals surface area contributed by atoms with E-state index in [0.717, 1.165) is 30.2 Å². The molecule has 1 atom stereocenters. The summed E-state index contributed by atoms with van der Waals surface area (Å²) in [4.78, 5) is 7.12. The van der Waals surface area contributed by atoms with Gasteiger partial charge in [-0.25, -0.2) is 0 Å². The molecule has 2 heterocycles. The van der Waals surface area contributed by atoms with Crippen LogP contribution in [0.4, 0.5) is 0 Å². The van der Waals surface area contributed by atoms with Gasteiger partial charge in [0.15, 0.2) is 0 Å². The lowest BCUT2D eigenvalue weighted by Gasteiger charge is -2.16. The van der Waals surface area contributed by atoms with Crippen LogP contribution in [-0.2, 0) is 6.42 Å². The van der Waals surface area contributed by atoms with Crippen molar-refractivity contribution in [2.24, 2.45) is 0 Å². The van der Waals surface area contributed by atoms with Gasteiger partial charge in [0.1, 0.15) is 0 Å². The molecule has 1 aliphatic rings. The minimum Gasteiger partial charge on any atom is -0.302 e. The third kappa shape index (κ3) is 3.84. The summed E-state index contributed by atoms with van der Waals surface area (Å²) in [6.07, 6.45) is 2.26. The van der Waals surface area contributed by atoms with Crippen LogP contribution in [0.25, 0.3) is 0 Å². The molecule has 0 spiro atoms. The predicted octanol–water partition coefficient (Wildman–Crippen LogP) is 4.08. The lowest BCUT2D eigenvalue weighted by Crippen LogP contribution is -2.23. The van der Waals surface area contributed by atoms with E-state index in [0.29, 0.717) is 5.92 Å². The number of rotatable bonds is 4. The summed E-state index contributed by atoms with van der Waals surface area (Å²) in [6.45, 7) is 5.44. The molecule has 1 saturated heterocycles. The van der Waals surface area contributed by atoms with E-state index in [1.54, 1.807) is 0 Å². The van der Waals surface area contributed by atoms with Gasteiger partial charge >= 0.3 is 0 Å². The molecule has 0 aliphatic carbocycles. The topological polar surface area (TPSA) is 16.1 Å². The highest BCUT2D eigenvalue weighted by atomic mass is 35.5. The van der Waals surface area contributed by atoms with E-state index in [1.165, 1.54) is 24.2 Å². The molecule has 1 aliphatic heterocycles. The zero-order valence-corrected chi connectivity index (χ0v) is 13.2. The number of aryl methyl sites for hydroxylation is 1. The van der Waals surface area contributed by atoms with E-state index in [9.17, 15) is 0 Å². The second-order valence-electron chi connectivity index (χ2n) is 5.86. The summed E-state index contributed by atoms with van der Waals surface area (Å²) in [7, 11) is 0. The Labute approximate surface area is 131 Å². The molecule has 1 fully saturated rings. The van der Waals surface area contributed by atoms with Gasteiger partial charge < -0.3 is 4.90 Å². The Morgan fingerprint density at radius 3 is 2.90 bits per heavy atom. The number of aromatic nitrogens is 1. The van der Waals surface area contributed by atoms with Crippen molar-refractivity contribution in [2.45, 2.75) is 25.7 Å². The summed E-state index contributed by atoms with van der Waals surface area (Å²) in [5.41, 5.74) is 3.67. The zero-order valence-electron chi connectivity index (χ0n) is 12.4. The first-order chi connectivity index (χ1) is 10.2. The molecular weight excluding hydrogens is 280 g/mol. The first-order valence-corrected chi connectivity index (χ1v) is 7.99. The van der Waals surface area contributed by atoms with E-state index in [2.05, 4.69) is 53.2 Å². The molecule has 21 heavy (non-hydrogen) atoms. The molecule has 2 aromatic rings. The number of halogens is 1. The first kappa shape index (κ1) is 14.6. The highest BCUT2D eigenvalue weighted by Crippen LogP contribution is 2.28. The fourth-order valence-electron chi connectivity index (χ4n) is 3.08. The highest BCUT2D eigenvalue weighted by molar-refractivity contribution is 6.30. The minimum atomic E-state index is 0.620. The number of likely N-dealkylation sites (tertiary alicyclic amines) is 1. The maximum Gasteiger partial charge on any atom is 0.0419 e. The van der Waals surface area contributed by atoms with Gasteiger partial charge in [-0.2, -0.15) is 0 Å². The average molecular weight is 301 g/mol. The maximum absolute atomic E-state index is 6.09. The monoisotopic (exact) mass is 300 g/mol. The SMILES string of the molecule is Cc1cccc(CCN2CC[C@H](c3cccc(Cl)c3)C2)n1. The summed E-state index contributed by atoms with van der Waals surface area (Å²) in [6, 6.07) is 14.6. The van der Waals surface area contributed by atoms with Gasteiger partial charge in [0, 0.05) is 35.9 Å². The van der Waals surface area contributed by atoms with Crippen LogP contribution in [0.3, 0.4) is 0 Å². The Kier molecular flexibility index (Phi) is 4.57. The molecule has 0 N–H and O–H groups in total. The van der Waals surface area contributed by atoms with Crippen LogP contribution in [0.2, 0.25) is 5.02 Å². The number of hydrogen-bond donors (Lipinski definition) is 0. The number of hydrogen-bond acceptors (Lipinski definition) is 2. The van der Waals surface area contributed by atoms with Crippen LogP contribution in [0, 0.1) is 6.92 Å². The highest BCUT2D eigenvalue weighted by Gasteiger charge is 2.23. The number of pyridine rings is 1.